The molecule has 1 rings (SSSR count). The van der Waals surface area contributed by atoms with E-state index in [-0.39, 0.29) is 15.1 Å². The molecule has 0 atom stereocenters. The van der Waals surface area contributed by atoms with E-state index in [0.717, 1.165) is 7.11 Å². The van der Waals surface area contributed by atoms with Crippen molar-refractivity contribution in [1.82, 2.24) is 0 Å². The first-order valence-corrected chi connectivity index (χ1v) is 4.71. The van der Waals surface area contributed by atoms with Crippen LogP contribution < -0.4 is 0 Å². The summed E-state index contributed by atoms with van der Waals surface area (Å²) < 4.78 is 4.35. The molecule has 0 saturated carbocycles. The van der Waals surface area contributed by atoms with Crippen LogP contribution in [0.3, 0.4) is 0 Å². The molecule has 0 aromatic heterocycles. The zero-order valence-corrected chi connectivity index (χ0v) is 9.61. The van der Waals surface area contributed by atoms with Crippen molar-refractivity contribution in [2.24, 2.45) is 0 Å². The summed E-state index contributed by atoms with van der Waals surface area (Å²) in [6, 6.07) is 0. The van der Waals surface area contributed by atoms with Crippen molar-refractivity contribution in [3.63, 3.8) is 0 Å². The number of carbonyl (C=O) groups excluding carboxylic acids is 1. The third-order valence-electron chi connectivity index (χ3n) is 1.66. The van der Waals surface area contributed by atoms with Crippen molar-refractivity contribution in [3.8, 4) is 11.5 Å². The van der Waals surface area contributed by atoms with Gasteiger partial charge in [0, 0.05) is 0 Å². The predicted molar refractivity (Wildman–Crippen MR) is 56.1 cm³/mol. The van der Waals surface area contributed by atoms with Gasteiger partial charge in [-0.3, -0.25) is 0 Å². The van der Waals surface area contributed by atoms with Crippen LogP contribution in [-0.4, -0.2) is 23.3 Å². The van der Waals surface area contributed by atoms with Crippen LogP contribution >= 0.6 is 34.8 Å². The Morgan fingerprint density at radius 1 is 1.07 bits per heavy atom. The fourth-order valence-corrected chi connectivity index (χ4v) is 1.60. The Labute approximate surface area is 99.9 Å². The zero-order valence-electron chi connectivity index (χ0n) is 7.34. The number of hydrogen-bond acceptors (Lipinski definition) is 4. The highest BCUT2D eigenvalue weighted by Crippen LogP contribution is 2.46. The van der Waals surface area contributed by atoms with Gasteiger partial charge in [0.15, 0.2) is 11.5 Å². The lowest BCUT2D eigenvalue weighted by Gasteiger charge is -2.10. The lowest BCUT2D eigenvalue weighted by atomic mass is 10.2. The van der Waals surface area contributed by atoms with Gasteiger partial charge in [0.2, 0.25) is 0 Å². The highest BCUT2D eigenvalue weighted by atomic mass is 35.5. The van der Waals surface area contributed by atoms with E-state index in [0.29, 0.717) is 0 Å². The number of benzene rings is 1. The molecular formula is C8H5Cl3O4. The Morgan fingerprint density at radius 2 is 1.60 bits per heavy atom. The average molecular weight is 271 g/mol. The van der Waals surface area contributed by atoms with Gasteiger partial charge >= 0.3 is 5.97 Å². The van der Waals surface area contributed by atoms with Gasteiger partial charge < -0.3 is 14.9 Å². The lowest BCUT2D eigenvalue weighted by molar-refractivity contribution is 0.0597. The van der Waals surface area contributed by atoms with Crippen LogP contribution in [0.2, 0.25) is 15.1 Å². The van der Waals surface area contributed by atoms with Crippen molar-refractivity contribution in [2.75, 3.05) is 7.11 Å². The number of esters is 1. The third kappa shape index (κ3) is 1.93. The number of phenolic OH excluding ortho intramolecular Hbond substituents is 2. The Kier molecular flexibility index (Phi) is 3.54. The first kappa shape index (κ1) is 12.2. The normalized spacial score (nSPS) is 10.1. The molecule has 0 saturated heterocycles. The first-order valence-electron chi connectivity index (χ1n) is 3.58. The van der Waals surface area contributed by atoms with Crippen LogP contribution in [0.1, 0.15) is 10.4 Å². The smallest absolute Gasteiger partial charge is 0.343 e. The summed E-state index contributed by atoms with van der Waals surface area (Å²) in [5, 5.41) is 17.9. The molecule has 0 spiro atoms. The van der Waals surface area contributed by atoms with Gasteiger partial charge in [-0.25, -0.2) is 4.79 Å². The minimum atomic E-state index is -0.925. The Morgan fingerprint density at radius 3 is 2.07 bits per heavy atom. The van der Waals surface area contributed by atoms with Gasteiger partial charge in [0.05, 0.1) is 17.2 Å². The van der Waals surface area contributed by atoms with Crippen LogP contribution in [0.4, 0.5) is 0 Å². The van der Waals surface area contributed by atoms with E-state index >= 15 is 0 Å². The van der Waals surface area contributed by atoms with Gasteiger partial charge in [-0.1, -0.05) is 34.8 Å². The Hall–Kier alpha value is -0.840. The molecule has 0 fully saturated rings. The molecule has 1 aromatic rings. The molecule has 0 bridgehead atoms. The zero-order chi connectivity index (χ0) is 11.7. The van der Waals surface area contributed by atoms with Gasteiger partial charge in [-0.05, 0) is 0 Å². The molecule has 7 heteroatoms. The summed E-state index contributed by atoms with van der Waals surface area (Å²) in [7, 11) is 1.09. The van der Waals surface area contributed by atoms with E-state index in [9.17, 15) is 15.0 Å². The topological polar surface area (TPSA) is 66.8 Å². The summed E-state index contributed by atoms with van der Waals surface area (Å²) in [6.45, 7) is 0. The fraction of sp³-hybridized carbons (Fsp3) is 0.125. The summed E-state index contributed by atoms with van der Waals surface area (Å²) in [5.41, 5.74) is -0.425. The number of rotatable bonds is 1. The Bertz CT molecular complexity index is 401. The number of ether oxygens (including phenoxy) is 1. The van der Waals surface area contributed by atoms with Crippen molar-refractivity contribution in [1.29, 1.82) is 0 Å². The van der Waals surface area contributed by atoms with Crippen LogP contribution in [0.15, 0.2) is 0 Å². The molecule has 0 heterocycles. The summed E-state index contributed by atoms with van der Waals surface area (Å²) >= 11 is 16.8. The quantitative estimate of drug-likeness (QED) is 0.468. The SMILES string of the molecule is COC(=O)c1c(O)c(O)c(Cl)c(Cl)c1Cl. The molecule has 0 aliphatic rings. The van der Waals surface area contributed by atoms with E-state index in [1.807, 2.05) is 0 Å². The highest BCUT2D eigenvalue weighted by molar-refractivity contribution is 6.50. The molecule has 0 radical (unpaired) electrons. The second-order valence-electron chi connectivity index (χ2n) is 2.51. The molecule has 15 heavy (non-hydrogen) atoms. The molecule has 1 aromatic carbocycles. The number of hydrogen-bond donors (Lipinski definition) is 2. The third-order valence-corrected chi connectivity index (χ3v) is 2.98. The summed E-state index contributed by atoms with van der Waals surface area (Å²) in [5.74, 6) is -2.40. The maximum Gasteiger partial charge on any atom is 0.343 e. The minimum Gasteiger partial charge on any atom is -0.504 e. The standard InChI is InChI=1S/C8H5Cl3O4/c1-15-8(14)2-3(9)4(10)5(11)7(13)6(2)12/h12-13H,1H3. The molecule has 0 aliphatic heterocycles. The highest BCUT2D eigenvalue weighted by Gasteiger charge is 2.25. The number of halogens is 3. The molecule has 0 amide bonds. The molecule has 0 aliphatic carbocycles. The van der Waals surface area contributed by atoms with Crippen LogP contribution in [0, 0.1) is 0 Å². The van der Waals surface area contributed by atoms with Crippen molar-refractivity contribution >= 4 is 40.8 Å². The second-order valence-corrected chi connectivity index (χ2v) is 3.64. The van der Waals surface area contributed by atoms with E-state index in [4.69, 9.17) is 34.8 Å². The predicted octanol–water partition coefficient (Wildman–Crippen LogP) is 2.84. The Balaban J connectivity index is 3.60. The molecular weight excluding hydrogens is 266 g/mol. The maximum atomic E-state index is 11.2. The first-order chi connectivity index (χ1) is 6.91. The monoisotopic (exact) mass is 270 g/mol. The number of carbonyl (C=O) groups is 1. The summed E-state index contributed by atoms with van der Waals surface area (Å²) in [4.78, 5) is 11.2. The number of phenols is 2. The van der Waals surface area contributed by atoms with Gasteiger partial charge in [-0.2, -0.15) is 0 Å². The van der Waals surface area contributed by atoms with Gasteiger partial charge in [0.1, 0.15) is 10.6 Å². The maximum absolute atomic E-state index is 11.2. The van der Waals surface area contributed by atoms with Gasteiger partial charge in [-0.15, -0.1) is 0 Å². The molecule has 0 unspecified atom stereocenters. The van der Waals surface area contributed by atoms with Gasteiger partial charge in [0.25, 0.3) is 0 Å². The molecule has 82 valence electrons. The number of methoxy groups -OCH3 is 1. The lowest BCUT2D eigenvalue weighted by Crippen LogP contribution is -2.03. The molecule has 2 N–H and O–H groups in total. The van der Waals surface area contributed by atoms with Crippen molar-refractivity contribution < 1.29 is 19.7 Å². The minimum absolute atomic E-state index is 0.228. The van der Waals surface area contributed by atoms with Crippen molar-refractivity contribution in [3.05, 3.63) is 20.6 Å². The van der Waals surface area contributed by atoms with E-state index in [1.165, 1.54) is 0 Å². The fourth-order valence-electron chi connectivity index (χ4n) is 0.925. The number of aromatic hydroxyl groups is 2. The second kappa shape index (κ2) is 4.35. The van der Waals surface area contributed by atoms with Crippen LogP contribution in [0.5, 0.6) is 11.5 Å². The van der Waals surface area contributed by atoms with E-state index < -0.39 is 23.0 Å². The van der Waals surface area contributed by atoms with E-state index in [2.05, 4.69) is 4.74 Å². The van der Waals surface area contributed by atoms with Crippen LogP contribution in [0.25, 0.3) is 0 Å². The van der Waals surface area contributed by atoms with Crippen LogP contribution in [-0.2, 0) is 4.74 Å². The van der Waals surface area contributed by atoms with E-state index in [1.54, 1.807) is 0 Å². The summed E-state index contributed by atoms with van der Waals surface area (Å²) in [6.07, 6.45) is 0. The molecule has 4 nitrogen and oxygen atoms in total. The average Bonchev–Trinajstić information content (AvgIpc) is 2.23. The van der Waals surface area contributed by atoms with Crippen molar-refractivity contribution in [2.45, 2.75) is 0 Å². The largest absolute Gasteiger partial charge is 0.504 e.